The maximum Gasteiger partial charge on any atom is 0.283 e. The number of pyridine rings is 1. The van der Waals surface area contributed by atoms with Crippen LogP contribution in [0, 0.1) is 6.92 Å². The molecule has 0 bridgehead atoms. The number of ether oxygens (including phenoxy) is 1. The van der Waals surface area contributed by atoms with E-state index in [0.717, 1.165) is 22.2 Å². The number of hydrogen-bond donors (Lipinski definition) is 1. The van der Waals surface area contributed by atoms with Gasteiger partial charge in [-0.05, 0) is 59.9 Å². The molecule has 34 heavy (non-hydrogen) atoms. The molecule has 0 unspecified atom stereocenters. The molecule has 4 rings (SSSR count). The van der Waals surface area contributed by atoms with Crippen molar-refractivity contribution in [2.45, 2.75) is 38.0 Å². The van der Waals surface area contributed by atoms with Crippen molar-refractivity contribution in [3.05, 3.63) is 77.7 Å². The average molecular weight is 479 g/mol. The van der Waals surface area contributed by atoms with Crippen LogP contribution >= 0.6 is 0 Å². The highest BCUT2D eigenvalue weighted by Gasteiger charge is 2.26. The Morgan fingerprint density at radius 3 is 2.50 bits per heavy atom. The lowest BCUT2D eigenvalue weighted by atomic mass is 9.87. The van der Waals surface area contributed by atoms with Crippen LogP contribution in [0.4, 0.5) is 0 Å². The minimum atomic E-state index is -4.22. The topological polar surface area (TPSA) is 103 Å². The fraction of sp³-hybridized carbons (Fsp3) is 0.240. The van der Waals surface area contributed by atoms with Crippen molar-refractivity contribution in [2.75, 3.05) is 7.11 Å². The summed E-state index contributed by atoms with van der Waals surface area (Å²) in [6, 6.07) is 13.8. The van der Waals surface area contributed by atoms with E-state index in [9.17, 15) is 13.2 Å². The maximum absolute atomic E-state index is 13.2. The van der Waals surface area contributed by atoms with Gasteiger partial charge in [-0.3, -0.25) is 4.79 Å². The molecular weight excluding hydrogens is 452 g/mol. The van der Waals surface area contributed by atoms with Gasteiger partial charge in [-0.15, -0.1) is 0 Å². The molecule has 4 aromatic rings. The molecule has 0 spiro atoms. The summed E-state index contributed by atoms with van der Waals surface area (Å²) in [7, 11) is -2.83. The minimum absolute atomic E-state index is 0.0114. The Morgan fingerprint density at radius 1 is 1.09 bits per heavy atom. The zero-order chi connectivity index (χ0) is 24.7. The van der Waals surface area contributed by atoms with Crippen LogP contribution in [-0.4, -0.2) is 36.2 Å². The van der Waals surface area contributed by atoms with Crippen molar-refractivity contribution in [3.63, 3.8) is 0 Å². The third-order valence-corrected chi connectivity index (χ3v) is 6.92. The fourth-order valence-corrected chi connectivity index (χ4v) is 4.82. The summed E-state index contributed by atoms with van der Waals surface area (Å²) in [5.74, 6) is -0.673. The number of carbonyl (C=O) groups excluding carboxylic acids is 1. The second-order valence-electron chi connectivity index (χ2n) is 9.00. The number of carbonyl (C=O) groups is 1. The lowest BCUT2D eigenvalue weighted by Gasteiger charge is -2.21. The Morgan fingerprint density at radius 2 is 1.85 bits per heavy atom. The Kier molecular flexibility index (Phi) is 5.91. The van der Waals surface area contributed by atoms with Crippen molar-refractivity contribution >= 4 is 26.8 Å². The molecule has 0 fully saturated rings. The van der Waals surface area contributed by atoms with Crippen molar-refractivity contribution < 1.29 is 17.9 Å². The number of rotatable bonds is 5. The lowest BCUT2D eigenvalue weighted by Crippen LogP contribution is -2.31. The van der Waals surface area contributed by atoms with Crippen LogP contribution < -0.4 is 9.46 Å². The molecule has 1 N–H and O–H groups in total. The molecule has 0 atom stereocenters. The second kappa shape index (κ2) is 8.57. The zero-order valence-electron chi connectivity index (χ0n) is 19.7. The molecule has 2 heterocycles. The smallest absolute Gasteiger partial charge is 0.283 e. The lowest BCUT2D eigenvalue weighted by molar-refractivity contribution is 0.0977. The van der Waals surface area contributed by atoms with Gasteiger partial charge in [-0.1, -0.05) is 32.9 Å². The van der Waals surface area contributed by atoms with Gasteiger partial charge in [0.2, 0.25) is 0 Å². The van der Waals surface area contributed by atoms with E-state index >= 15 is 0 Å². The van der Waals surface area contributed by atoms with Crippen LogP contribution in [0.1, 0.15) is 42.4 Å². The van der Waals surface area contributed by atoms with Gasteiger partial charge >= 0.3 is 0 Å². The largest absolute Gasteiger partial charge is 0.495 e. The number of aryl methyl sites for hydroxylation is 1. The monoisotopic (exact) mass is 478 g/mol. The summed E-state index contributed by atoms with van der Waals surface area (Å²) in [5.41, 5.74) is 2.74. The number of methoxy groups -OCH3 is 1. The van der Waals surface area contributed by atoms with Gasteiger partial charge in [0.1, 0.15) is 16.3 Å². The van der Waals surface area contributed by atoms with Gasteiger partial charge < -0.3 is 4.74 Å². The molecule has 2 aromatic heterocycles. The predicted octanol–water partition coefficient (Wildman–Crippen LogP) is 4.15. The number of nitrogens with one attached hydrogen (secondary N) is 1. The van der Waals surface area contributed by atoms with E-state index in [-0.39, 0.29) is 21.8 Å². The summed E-state index contributed by atoms with van der Waals surface area (Å²) in [5, 5.41) is 5.06. The summed E-state index contributed by atoms with van der Waals surface area (Å²) in [6.07, 6.45) is 3.49. The fourth-order valence-electron chi connectivity index (χ4n) is 3.66. The van der Waals surface area contributed by atoms with E-state index in [2.05, 4.69) is 14.8 Å². The maximum atomic E-state index is 13.2. The van der Waals surface area contributed by atoms with Crippen LogP contribution in [0.25, 0.3) is 16.6 Å². The standard InChI is InChI=1S/C25H26N4O4S/c1-16-7-11-20(29-14-6-13-26-29)18-9-10-19(27-23(16)18)24(30)28-34(31,32)22-15-17(25(2,3)4)8-12-21(22)33-5/h6-15H,1-5H3,(H,28,30). The second-order valence-corrected chi connectivity index (χ2v) is 10.6. The quantitative estimate of drug-likeness (QED) is 0.462. The van der Waals surface area contributed by atoms with Gasteiger partial charge in [0.15, 0.2) is 0 Å². The van der Waals surface area contributed by atoms with Crippen molar-refractivity contribution in [1.29, 1.82) is 0 Å². The highest BCUT2D eigenvalue weighted by Crippen LogP contribution is 2.31. The predicted molar refractivity (Wildman–Crippen MR) is 130 cm³/mol. The van der Waals surface area contributed by atoms with E-state index in [1.54, 1.807) is 23.0 Å². The molecule has 0 saturated heterocycles. The molecule has 0 radical (unpaired) electrons. The van der Waals surface area contributed by atoms with E-state index in [4.69, 9.17) is 4.74 Å². The molecule has 0 aliphatic heterocycles. The van der Waals surface area contributed by atoms with Crippen LogP contribution in [-0.2, 0) is 15.4 Å². The van der Waals surface area contributed by atoms with E-state index in [0.29, 0.717) is 5.52 Å². The van der Waals surface area contributed by atoms with Gasteiger partial charge in [0.05, 0.1) is 18.3 Å². The molecule has 176 valence electrons. The molecule has 2 aromatic carbocycles. The van der Waals surface area contributed by atoms with E-state index in [1.165, 1.54) is 19.2 Å². The SMILES string of the molecule is COc1ccc(C(C)(C)C)cc1S(=O)(=O)NC(=O)c1ccc2c(-n3cccn3)ccc(C)c2n1. The minimum Gasteiger partial charge on any atom is -0.495 e. The number of nitrogens with zero attached hydrogens (tertiary/aromatic N) is 3. The van der Waals surface area contributed by atoms with Crippen LogP contribution in [0.5, 0.6) is 5.75 Å². The molecular formula is C25H26N4O4S. The Labute approximate surface area is 198 Å². The molecule has 0 saturated carbocycles. The first-order valence-electron chi connectivity index (χ1n) is 10.7. The number of aromatic nitrogens is 3. The number of hydrogen-bond acceptors (Lipinski definition) is 6. The van der Waals surface area contributed by atoms with Crippen LogP contribution in [0.3, 0.4) is 0 Å². The zero-order valence-corrected chi connectivity index (χ0v) is 20.5. The third kappa shape index (κ3) is 4.38. The molecule has 1 amide bonds. The first-order chi connectivity index (χ1) is 16.0. The van der Waals surface area contributed by atoms with Crippen molar-refractivity contribution in [1.82, 2.24) is 19.5 Å². The van der Waals surface area contributed by atoms with Gasteiger partial charge in [0.25, 0.3) is 15.9 Å². The molecule has 8 nitrogen and oxygen atoms in total. The van der Waals surface area contributed by atoms with Gasteiger partial charge in [-0.25, -0.2) is 22.8 Å². The van der Waals surface area contributed by atoms with E-state index < -0.39 is 15.9 Å². The molecule has 0 aliphatic carbocycles. The summed E-state index contributed by atoms with van der Waals surface area (Å²) >= 11 is 0. The van der Waals surface area contributed by atoms with Gasteiger partial charge in [-0.2, -0.15) is 5.10 Å². The Hall–Kier alpha value is -3.72. The van der Waals surface area contributed by atoms with Crippen LogP contribution in [0.15, 0.2) is 65.8 Å². The first kappa shape index (κ1) is 23.4. The summed E-state index contributed by atoms with van der Waals surface area (Å²) in [6.45, 7) is 7.80. The molecule has 0 aliphatic rings. The summed E-state index contributed by atoms with van der Waals surface area (Å²) < 4.78 is 35.4. The normalized spacial score (nSPS) is 12.0. The Bertz CT molecular complexity index is 1490. The number of benzene rings is 2. The summed E-state index contributed by atoms with van der Waals surface area (Å²) in [4.78, 5) is 17.3. The van der Waals surface area contributed by atoms with Gasteiger partial charge in [0, 0.05) is 17.8 Å². The average Bonchev–Trinajstić information content (AvgIpc) is 3.32. The number of amides is 1. The third-order valence-electron chi connectivity index (χ3n) is 5.57. The van der Waals surface area contributed by atoms with E-state index in [1.807, 2.05) is 58.2 Å². The van der Waals surface area contributed by atoms with Crippen molar-refractivity contribution in [2.24, 2.45) is 0 Å². The first-order valence-corrected chi connectivity index (χ1v) is 12.2. The molecule has 9 heteroatoms. The number of sulfonamides is 1. The van der Waals surface area contributed by atoms with Crippen molar-refractivity contribution in [3.8, 4) is 11.4 Å². The Balaban J connectivity index is 1.72. The highest BCUT2D eigenvalue weighted by molar-refractivity contribution is 7.90. The highest BCUT2D eigenvalue weighted by atomic mass is 32.2. The van der Waals surface area contributed by atoms with Crippen LogP contribution in [0.2, 0.25) is 0 Å². The number of fused-ring (bicyclic) bond motifs is 1.